The monoisotopic (exact) mass is 347 g/mol. The average Bonchev–Trinajstić information content (AvgIpc) is 2.90. The molecule has 2 aromatic carbocycles. The minimum absolute atomic E-state index is 0.0961. The standard InChI is InChI=1S/C15H10BrNO4/c1-20-12-6-5-8(7-10(12)16)14-17-11-4-2-3-9(15(18)19)13(11)21-14/h2-7H,1H3,(H,18,19). The Labute approximate surface area is 128 Å². The predicted molar refractivity (Wildman–Crippen MR) is 80.7 cm³/mol. The number of oxazole rings is 1. The van der Waals surface area contributed by atoms with Crippen molar-refractivity contribution >= 4 is 33.0 Å². The van der Waals surface area contributed by atoms with Gasteiger partial charge in [-0.05, 0) is 46.3 Å². The van der Waals surface area contributed by atoms with E-state index in [0.29, 0.717) is 17.2 Å². The van der Waals surface area contributed by atoms with E-state index in [1.165, 1.54) is 6.07 Å². The summed E-state index contributed by atoms with van der Waals surface area (Å²) in [5.41, 5.74) is 1.61. The summed E-state index contributed by atoms with van der Waals surface area (Å²) >= 11 is 3.40. The molecule has 1 aromatic heterocycles. The maximum Gasteiger partial charge on any atom is 0.339 e. The van der Waals surface area contributed by atoms with Gasteiger partial charge in [0.05, 0.1) is 11.6 Å². The van der Waals surface area contributed by atoms with Crippen LogP contribution in [0.5, 0.6) is 5.75 Å². The van der Waals surface area contributed by atoms with Gasteiger partial charge in [-0.3, -0.25) is 0 Å². The number of benzene rings is 2. The molecular weight excluding hydrogens is 338 g/mol. The number of carboxylic acids is 1. The molecule has 0 aliphatic heterocycles. The summed E-state index contributed by atoms with van der Waals surface area (Å²) in [6, 6.07) is 10.2. The van der Waals surface area contributed by atoms with Gasteiger partial charge in [0, 0.05) is 5.56 Å². The van der Waals surface area contributed by atoms with Crippen LogP contribution >= 0.6 is 15.9 Å². The van der Waals surface area contributed by atoms with E-state index in [9.17, 15) is 4.79 Å². The molecule has 3 aromatic rings. The number of aromatic carboxylic acids is 1. The van der Waals surface area contributed by atoms with Crippen LogP contribution in [-0.4, -0.2) is 23.2 Å². The smallest absolute Gasteiger partial charge is 0.339 e. The maximum atomic E-state index is 11.2. The fourth-order valence-electron chi connectivity index (χ4n) is 2.04. The van der Waals surface area contributed by atoms with Crippen LogP contribution in [0.2, 0.25) is 0 Å². The second-order valence-electron chi connectivity index (χ2n) is 4.33. The highest BCUT2D eigenvalue weighted by atomic mass is 79.9. The van der Waals surface area contributed by atoms with E-state index in [1.807, 2.05) is 6.07 Å². The third kappa shape index (κ3) is 2.38. The van der Waals surface area contributed by atoms with Crippen molar-refractivity contribution < 1.29 is 19.1 Å². The quantitative estimate of drug-likeness (QED) is 0.776. The average molecular weight is 348 g/mol. The molecule has 0 bridgehead atoms. The number of aromatic nitrogens is 1. The number of methoxy groups -OCH3 is 1. The summed E-state index contributed by atoms with van der Waals surface area (Å²) in [5, 5.41) is 9.16. The van der Waals surface area contributed by atoms with Crippen molar-refractivity contribution in [1.29, 1.82) is 0 Å². The number of carbonyl (C=O) groups is 1. The molecule has 6 heteroatoms. The molecule has 0 fully saturated rings. The molecule has 0 aliphatic carbocycles. The van der Waals surface area contributed by atoms with Crippen LogP contribution in [0.15, 0.2) is 45.3 Å². The van der Waals surface area contributed by atoms with Crippen LogP contribution in [0.3, 0.4) is 0 Å². The first kappa shape index (κ1) is 13.6. The topological polar surface area (TPSA) is 72.6 Å². The van der Waals surface area contributed by atoms with Crippen molar-refractivity contribution in [1.82, 2.24) is 4.98 Å². The van der Waals surface area contributed by atoms with Gasteiger partial charge in [0.1, 0.15) is 16.8 Å². The maximum absolute atomic E-state index is 11.2. The lowest BCUT2D eigenvalue weighted by molar-refractivity contribution is 0.0698. The Balaban J connectivity index is 2.15. The molecular formula is C15H10BrNO4. The lowest BCUT2D eigenvalue weighted by atomic mass is 10.2. The molecule has 1 heterocycles. The molecule has 5 nitrogen and oxygen atoms in total. The van der Waals surface area contributed by atoms with Gasteiger partial charge < -0.3 is 14.3 Å². The van der Waals surface area contributed by atoms with Gasteiger partial charge >= 0.3 is 5.97 Å². The largest absolute Gasteiger partial charge is 0.496 e. The normalized spacial score (nSPS) is 10.8. The van der Waals surface area contributed by atoms with Gasteiger partial charge in [-0.2, -0.15) is 0 Å². The van der Waals surface area contributed by atoms with Gasteiger partial charge in [-0.1, -0.05) is 6.07 Å². The number of fused-ring (bicyclic) bond motifs is 1. The number of ether oxygens (including phenoxy) is 1. The minimum atomic E-state index is -1.04. The Morgan fingerprint density at radius 3 is 2.81 bits per heavy atom. The third-order valence-electron chi connectivity index (χ3n) is 3.04. The van der Waals surface area contributed by atoms with E-state index in [-0.39, 0.29) is 11.1 Å². The summed E-state index contributed by atoms with van der Waals surface area (Å²) in [7, 11) is 1.58. The van der Waals surface area contributed by atoms with E-state index in [4.69, 9.17) is 14.3 Å². The first-order valence-corrected chi connectivity index (χ1v) is 6.86. The highest BCUT2D eigenvalue weighted by Gasteiger charge is 2.16. The van der Waals surface area contributed by atoms with Crippen molar-refractivity contribution in [3.05, 3.63) is 46.4 Å². The highest BCUT2D eigenvalue weighted by molar-refractivity contribution is 9.10. The summed E-state index contributed by atoms with van der Waals surface area (Å²) in [6.07, 6.45) is 0. The Hall–Kier alpha value is -2.34. The van der Waals surface area contributed by atoms with E-state index in [2.05, 4.69) is 20.9 Å². The van der Waals surface area contributed by atoms with Crippen LogP contribution in [0, 0.1) is 0 Å². The zero-order valence-corrected chi connectivity index (χ0v) is 12.5. The molecule has 0 radical (unpaired) electrons. The molecule has 21 heavy (non-hydrogen) atoms. The van der Waals surface area contributed by atoms with Crippen LogP contribution in [0.1, 0.15) is 10.4 Å². The Morgan fingerprint density at radius 1 is 1.33 bits per heavy atom. The molecule has 0 atom stereocenters. The van der Waals surface area contributed by atoms with E-state index in [0.717, 1.165) is 10.0 Å². The Kier molecular flexibility index (Phi) is 3.39. The molecule has 0 unspecified atom stereocenters. The molecule has 0 spiro atoms. The number of hydrogen-bond acceptors (Lipinski definition) is 4. The zero-order chi connectivity index (χ0) is 15.0. The minimum Gasteiger partial charge on any atom is -0.496 e. The van der Waals surface area contributed by atoms with E-state index >= 15 is 0 Å². The van der Waals surface area contributed by atoms with Gasteiger partial charge in [-0.25, -0.2) is 9.78 Å². The lowest BCUT2D eigenvalue weighted by Crippen LogP contribution is -1.95. The van der Waals surface area contributed by atoms with Gasteiger partial charge in [0.2, 0.25) is 5.89 Å². The Morgan fingerprint density at radius 2 is 2.14 bits per heavy atom. The number of carboxylic acid groups (broad SMARTS) is 1. The van der Waals surface area contributed by atoms with Crippen LogP contribution < -0.4 is 4.74 Å². The second-order valence-corrected chi connectivity index (χ2v) is 5.18. The van der Waals surface area contributed by atoms with Crippen molar-refractivity contribution in [2.24, 2.45) is 0 Å². The zero-order valence-electron chi connectivity index (χ0n) is 11.0. The molecule has 0 saturated carbocycles. The molecule has 106 valence electrons. The van der Waals surface area contributed by atoms with Gasteiger partial charge in [0.15, 0.2) is 5.58 Å². The molecule has 0 amide bonds. The van der Waals surface area contributed by atoms with Crippen LogP contribution in [-0.2, 0) is 0 Å². The predicted octanol–water partition coefficient (Wildman–Crippen LogP) is 3.96. The molecule has 0 aliphatic rings. The molecule has 3 rings (SSSR count). The number of hydrogen-bond donors (Lipinski definition) is 1. The summed E-state index contributed by atoms with van der Waals surface area (Å²) in [5.74, 6) is 0.0161. The Bertz CT molecular complexity index is 841. The fraction of sp³-hybridized carbons (Fsp3) is 0.0667. The van der Waals surface area contributed by atoms with Crippen molar-refractivity contribution in [2.45, 2.75) is 0 Å². The number of halogens is 1. The third-order valence-corrected chi connectivity index (χ3v) is 3.66. The number of nitrogens with zero attached hydrogens (tertiary/aromatic N) is 1. The summed E-state index contributed by atoms with van der Waals surface area (Å²) in [6.45, 7) is 0. The molecule has 0 saturated heterocycles. The van der Waals surface area contributed by atoms with Crippen LogP contribution in [0.25, 0.3) is 22.6 Å². The van der Waals surface area contributed by atoms with Gasteiger partial charge in [-0.15, -0.1) is 0 Å². The second kappa shape index (κ2) is 5.21. The van der Waals surface area contributed by atoms with Crippen molar-refractivity contribution in [3.63, 3.8) is 0 Å². The van der Waals surface area contributed by atoms with Crippen LogP contribution in [0.4, 0.5) is 0 Å². The number of rotatable bonds is 3. The number of para-hydroxylation sites is 1. The first-order valence-electron chi connectivity index (χ1n) is 6.07. The highest BCUT2D eigenvalue weighted by Crippen LogP contribution is 2.32. The first-order chi connectivity index (χ1) is 10.1. The summed E-state index contributed by atoms with van der Waals surface area (Å²) < 4.78 is 11.6. The van der Waals surface area contributed by atoms with E-state index < -0.39 is 5.97 Å². The fourth-order valence-corrected chi connectivity index (χ4v) is 2.58. The SMILES string of the molecule is COc1ccc(-c2nc3cccc(C(=O)O)c3o2)cc1Br. The van der Waals surface area contributed by atoms with Gasteiger partial charge in [0.25, 0.3) is 0 Å². The molecule has 1 N–H and O–H groups in total. The lowest BCUT2D eigenvalue weighted by Gasteiger charge is -2.03. The van der Waals surface area contributed by atoms with Crippen molar-refractivity contribution in [3.8, 4) is 17.2 Å². The van der Waals surface area contributed by atoms with E-state index in [1.54, 1.807) is 31.4 Å². The summed E-state index contributed by atoms with van der Waals surface area (Å²) in [4.78, 5) is 15.5. The van der Waals surface area contributed by atoms with Crippen molar-refractivity contribution in [2.75, 3.05) is 7.11 Å².